The lowest BCUT2D eigenvalue weighted by Crippen LogP contribution is -2.43. The van der Waals surface area contributed by atoms with Crippen LogP contribution in [0.2, 0.25) is 0 Å². The first-order valence-corrected chi connectivity index (χ1v) is 8.65. The second kappa shape index (κ2) is 9.27. The number of benzene rings is 2. The molecular formula is C21H20N2O5. The van der Waals surface area contributed by atoms with Gasteiger partial charge >= 0.3 is 5.91 Å². The van der Waals surface area contributed by atoms with E-state index in [0.717, 1.165) is 5.56 Å². The molecule has 1 aromatic heterocycles. The summed E-state index contributed by atoms with van der Waals surface area (Å²) in [5, 5.41) is 0. The van der Waals surface area contributed by atoms with Crippen molar-refractivity contribution in [1.82, 2.24) is 10.9 Å². The summed E-state index contributed by atoms with van der Waals surface area (Å²) in [7, 11) is 0. The van der Waals surface area contributed by atoms with E-state index in [-0.39, 0.29) is 19.0 Å². The third-order valence-electron chi connectivity index (χ3n) is 3.68. The number of hydrogen-bond acceptors (Lipinski definition) is 5. The summed E-state index contributed by atoms with van der Waals surface area (Å²) >= 11 is 0. The monoisotopic (exact) mass is 380 g/mol. The highest BCUT2D eigenvalue weighted by Gasteiger charge is 2.13. The van der Waals surface area contributed by atoms with Crippen molar-refractivity contribution in [2.45, 2.75) is 13.5 Å². The van der Waals surface area contributed by atoms with E-state index in [9.17, 15) is 9.59 Å². The van der Waals surface area contributed by atoms with Gasteiger partial charge in [-0.25, -0.2) is 0 Å². The molecule has 0 aliphatic heterocycles. The van der Waals surface area contributed by atoms with Gasteiger partial charge in [-0.2, -0.15) is 0 Å². The van der Waals surface area contributed by atoms with Gasteiger partial charge < -0.3 is 13.9 Å². The summed E-state index contributed by atoms with van der Waals surface area (Å²) in [5.74, 6) is 0.764. The molecule has 0 fully saturated rings. The third-order valence-corrected chi connectivity index (χ3v) is 3.68. The maximum atomic E-state index is 12.1. The van der Waals surface area contributed by atoms with Crippen LogP contribution >= 0.6 is 0 Å². The zero-order valence-corrected chi connectivity index (χ0v) is 15.3. The first-order chi connectivity index (χ1) is 13.6. The molecule has 1 heterocycles. The van der Waals surface area contributed by atoms with E-state index < -0.39 is 11.8 Å². The van der Waals surface area contributed by atoms with Crippen LogP contribution in [0.1, 0.15) is 21.9 Å². The number of ether oxygens (including phenoxy) is 2. The van der Waals surface area contributed by atoms with Crippen molar-refractivity contribution >= 4 is 11.8 Å². The fourth-order valence-electron chi connectivity index (χ4n) is 2.33. The Hall–Kier alpha value is -3.74. The zero-order valence-electron chi connectivity index (χ0n) is 15.3. The molecule has 0 unspecified atom stereocenters. The van der Waals surface area contributed by atoms with Gasteiger partial charge in [-0.3, -0.25) is 20.4 Å². The Balaban J connectivity index is 1.42. The number of nitrogens with one attached hydrogen (secondary N) is 2. The average Bonchev–Trinajstić information content (AvgIpc) is 3.19. The molecule has 7 nitrogen and oxygen atoms in total. The maximum Gasteiger partial charge on any atom is 0.305 e. The fourth-order valence-corrected chi connectivity index (χ4v) is 2.33. The molecule has 2 amide bonds. The SMILES string of the molecule is Cc1cccc(OCC(=O)NNC(=O)c2ccc(COc3ccccc3)o2)c1. The Morgan fingerprint density at radius 2 is 1.68 bits per heavy atom. The predicted octanol–water partition coefficient (Wildman–Crippen LogP) is 3.01. The summed E-state index contributed by atoms with van der Waals surface area (Å²) in [6, 6.07) is 19.7. The second-order valence-corrected chi connectivity index (χ2v) is 5.98. The molecule has 0 aliphatic rings. The van der Waals surface area contributed by atoms with Crippen molar-refractivity contribution in [1.29, 1.82) is 0 Å². The quantitative estimate of drug-likeness (QED) is 0.615. The van der Waals surface area contributed by atoms with Crippen LogP contribution in [0, 0.1) is 6.92 Å². The normalized spacial score (nSPS) is 10.2. The maximum absolute atomic E-state index is 12.1. The van der Waals surface area contributed by atoms with Gasteiger partial charge in [0.2, 0.25) is 0 Å². The number of hydrogen-bond donors (Lipinski definition) is 2. The number of aryl methyl sites for hydroxylation is 1. The molecule has 0 spiro atoms. The fraction of sp³-hybridized carbons (Fsp3) is 0.143. The highest BCUT2D eigenvalue weighted by molar-refractivity contribution is 5.93. The predicted molar refractivity (Wildman–Crippen MR) is 102 cm³/mol. The number of carbonyl (C=O) groups excluding carboxylic acids is 2. The number of carbonyl (C=O) groups is 2. The number of para-hydroxylation sites is 1. The number of hydrazine groups is 1. The van der Waals surface area contributed by atoms with E-state index in [1.54, 1.807) is 12.1 Å². The summed E-state index contributed by atoms with van der Waals surface area (Å²) in [6.07, 6.45) is 0. The summed E-state index contributed by atoms with van der Waals surface area (Å²) in [4.78, 5) is 23.9. The average molecular weight is 380 g/mol. The lowest BCUT2D eigenvalue weighted by Gasteiger charge is -2.08. The molecule has 7 heteroatoms. The highest BCUT2D eigenvalue weighted by Crippen LogP contribution is 2.14. The number of rotatable bonds is 7. The zero-order chi connectivity index (χ0) is 19.8. The largest absolute Gasteiger partial charge is 0.486 e. The van der Waals surface area contributed by atoms with Crippen molar-refractivity contribution in [2.24, 2.45) is 0 Å². The van der Waals surface area contributed by atoms with E-state index in [2.05, 4.69) is 10.9 Å². The minimum absolute atomic E-state index is 0.0616. The van der Waals surface area contributed by atoms with Crippen molar-refractivity contribution in [3.63, 3.8) is 0 Å². The molecule has 0 saturated heterocycles. The van der Waals surface area contributed by atoms with Gasteiger partial charge in [0.05, 0.1) is 0 Å². The minimum atomic E-state index is -0.574. The van der Waals surface area contributed by atoms with Gasteiger partial charge in [0.25, 0.3) is 5.91 Å². The third kappa shape index (κ3) is 5.63. The molecule has 0 aliphatic carbocycles. The molecule has 0 bridgehead atoms. The van der Waals surface area contributed by atoms with Crippen LogP contribution in [-0.4, -0.2) is 18.4 Å². The molecular weight excluding hydrogens is 360 g/mol. The molecule has 3 rings (SSSR count). The Bertz CT molecular complexity index is 937. The first kappa shape index (κ1) is 19.0. The Morgan fingerprint density at radius 3 is 2.46 bits per heavy atom. The standard InChI is InChI=1S/C21H20N2O5/c1-15-6-5-9-17(12-15)27-14-20(24)22-23-21(25)19-11-10-18(28-19)13-26-16-7-3-2-4-8-16/h2-12H,13-14H2,1H3,(H,22,24)(H,23,25). The van der Waals surface area contributed by atoms with Crippen molar-refractivity contribution < 1.29 is 23.5 Å². The molecule has 144 valence electrons. The van der Waals surface area contributed by atoms with E-state index in [4.69, 9.17) is 13.9 Å². The van der Waals surface area contributed by atoms with Crippen LogP contribution in [0.4, 0.5) is 0 Å². The number of amides is 2. The lowest BCUT2D eigenvalue weighted by molar-refractivity contribution is -0.123. The Kier molecular flexibility index (Phi) is 6.30. The molecule has 2 N–H and O–H groups in total. The van der Waals surface area contributed by atoms with Gasteiger partial charge in [-0.05, 0) is 48.9 Å². The molecule has 0 radical (unpaired) electrons. The lowest BCUT2D eigenvalue weighted by atomic mass is 10.2. The van der Waals surface area contributed by atoms with Crippen LogP contribution in [0.5, 0.6) is 11.5 Å². The Morgan fingerprint density at radius 1 is 0.893 bits per heavy atom. The van der Waals surface area contributed by atoms with E-state index in [1.165, 1.54) is 6.07 Å². The van der Waals surface area contributed by atoms with Gasteiger partial charge in [0.15, 0.2) is 12.4 Å². The van der Waals surface area contributed by atoms with Crippen LogP contribution in [0.25, 0.3) is 0 Å². The van der Waals surface area contributed by atoms with Crippen LogP contribution < -0.4 is 20.3 Å². The van der Waals surface area contributed by atoms with E-state index in [1.807, 2.05) is 55.5 Å². The molecule has 3 aromatic rings. The van der Waals surface area contributed by atoms with E-state index >= 15 is 0 Å². The van der Waals surface area contributed by atoms with Gasteiger partial charge in [0.1, 0.15) is 23.9 Å². The highest BCUT2D eigenvalue weighted by atomic mass is 16.5. The molecule has 2 aromatic carbocycles. The van der Waals surface area contributed by atoms with Crippen LogP contribution in [-0.2, 0) is 11.4 Å². The summed E-state index contributed by atoms with van der Waals surface area (Å²) in [5.41, 5.74) is 5.58. The molecule has 28 heavy (non-hydrogen) atoms. The van der Waals surface area contributed by atoms with Gasteiger partial charge in [-0.15, -0.1) is 0 Å². The van der Waals surface area contributed by atoms with Crippen molar-refractivity contribution in [3.05, 3.63) is 83.8 Å². The summed E-state index contributed by atoms with van der Waals surface area (Å²) in [6.45, 7) is 1.89. The Labute approximate surface area is 162 Å². The van der Waals surface area contributed by atoms with Crippen molar-refractivity contribution in [2.75, 3.05) is 6.61 Å². The van der Waals surface area contributed by atoms with Gasteiger partial charge in [0, 0.05) is 0 Å². The topological polar surface area (TPSA) is 89.8 Å². The first-order valence-electron chi connectivity index (χ1n) is 8.65. The van der Waals surface area contributed by atoms with Crippen LogP contribution in [0.3, 0.4) is 0 Å². The molecule has 0 saturated carbocycles. The van der Waals surface area contributed by atoms with Crippen molar-refractivity contribution in [3.8, 4) is 11.5 Å². The smallest absolute Gasteiger partial charge is 0.305 e. The van der Waals surface area contributed by atoms with Gasteiger partial charge in [-0.1, -0.05) is 30.3 Å². The number of furan rings is 1. The minimum Gasteiger partial charge on any atom is -0.486 e. The summed E-state index contributed by atoms with van der Waals surface area (Å²) < 4.78 is 16.3. The second-order valence-electron chi connectivity index (χ2n) is 5.98. The van der Waals surface area contributed by atoms with Crippen LogP contribution in [0.15, 0.2) is 71.1 Å². The molecule has 0 atom stereocenters. The van der Waals surface area contributed by atoms with E-state index in [0.29, 0.717) is 17.3 Å².